The smallest absolute Gasteiger partial charge is 0.407 e. The zero-order valence-corrected chi connectivity index (χ0v) is 41.0. The van der Waals surface area contributed by atoms with Gasteiger partial charge in [-0.15, -0.1) is 0 Å². The first kappa shape index (κ1) is 45.1. The van der Waals surface area contributed by atoms with Crippen molar-refractivity contribution in [2.24, 2.45) is 11.8 Å². The third-order valence-corrected chi connectivity index (χ3v) is 17.0. The van der Waals surface area contributed by atoms with Crippen LogP contribution in [0.25, 0.3) is 54.7 Å². The average molecular weight is 975 g/mol. The van der Waals surface area contributed by atoms with Gasteiger partial charge in [0.05, 0.1) is 48.4 Å². The number of nitrogens with zero attached hydrogens (tertiary/aromatic N) is 4. The molecule has 6 aromatic carbocycles. The number of benzene rings is 6. The van der Waals surface area contributed by atoms with Crippen LogP contribution in [0.5, 0.6) is 0 Å². The molecule has 370 valence electrons. The second-order valence-electron chi connectivity index (χ2n) is 21.1. The van der Waals surface area contributed by atoms with Gasteiger partial charge in [-0.3, -0.25) is 9.59 Å². The number of likely N-dealkylation sites (tertiary alicyclic amines) is 2. The summed E-state index contributed by atoms with van der Waals surface area (Å²) in [7, 11) is 2.63. The Morgan fingerprint density at radius 3 is 1.81 bits per heavy atom. The summed E-state index contributed by atoms with van der Waals surface area (Å²) in [5.74, 6) is 2.39. The number of H-pyrrole nitrogens is 2. The highest BCUT2D eigenvalue weighted by Crippen LogP contribution is 2.54. The maximum atomic E-state index is 14.7. The van der Waals surface area contributed by atoms with E-state index in [0.29, 0.717) is 17.4 Å². The Kier molecular flexibility index (Phi) is 11.2. The van der Waals surface area contributed by atoms with Crippen molar-refractivity contribution < 1.29 is 28.7 Å². The normalized spacial score (nSPS) is 23.2. The fourth-order valence-electron chi connectivity index (χ4n) is 13.2. The maximum Gasteiger partial charge on any atom is 0.407 e. The molecule has 2 aliphatic heterocycles. The van der Waals surface area contributed by atoms with Crippen LogP contribution in [0, 0.1) is 11.8 Å². The number of hydrogen-bond donors (Lipinski definition) is 4. The van der Waals surface area contributed by atoms with Crippen LogP contribution in [0.2, 0.25) is 0 Å². The Morgan fingerprint density at radius 1 is 0.589 bits per heavy atom. The highest BCUT2D eigenvalue weighted by atomic mass is 16.5. The Morgan fingerprint density at radius 2 is 1.18 bits per heavy atom. The number of imidazole rings is 2. The molecule has 2 aromatic heterocycles. The quantitative estimate of drug-likeness (QED) is 0.105. The number of carbonyl (C=O) groups is 4. The van der Waals surface area contributed by atoms with Crippen molar-refractivity contribution in [2.45, 2.75) is 106 Å². The van der Waals surface area contributed by atoms with E-state index < -0.39 is 24.3 Å². The van der Waals surface area contributed by atoms with Gasteiger partial charge >= 0.3 is 12.2 Å². The van der Waals surface area contributed by atoms with E-state index in [1.807, 2.05) is 52.3 Å². The molecule has 0 unspecified atom stereocenters. The molecule has 14 heteroatoms. The molecular formula is C59H58N8O6. The number of nitrogens with one attached hydrogen (secondary N) is 4. The summed E-state index contributed by atoms with van der Waals surface area (Å²) in [4.78, 5) is 76.2. The number of aromatic nitrogens is 4. The summed E-state index contributed by atoms with van der Waals surface area (Å²) in [6, 6.07) is 36.8. The van der Waals surface area contributed by atoms with E-state index in [2.05, 4.69) is 93.4 Å². The van der Waals surface area contributed by atoms with Crippen molar-refractivity contribution in [1.82, 2.24) is 40.4 Å². The lowest BCUT2D eigenvalue weighted by atomic mass is 9.83. The number of methoxy groups -OCH3 is 2. The maximum absolute atomic E-state index is 14.7. The van der Waals surface area contributed by atoms with Gasteiger partial charge in [0.1, 0.15) is 23.7 Å². The molecule has 4 N–H and O–H groups in total. The van der Waals surface area contributed by atoms with E-state index in [0.717, 1.165) is 104 Å². The predicted molar refractivity (Wildman–Crippen MR) is 278 cm³/mol. The first-order valence-electron chi connectivity index (χ1n) is 26.0. The van der Waals surface area contributed by atoms with Gasteiger partial charge in [0.2, 0.25) is 0 Å². The number of aromatic amines is 2. The molecular weight excluding hydrogens is 917 g/mol. The Bertz CT molecular complexity index is 3470. The lowest BCUT2D eigenvalue weighted by Gasteiger charge is -2.36. The third-order valence-electron chi connectivity index (χ3n) is 17.0. The Hall–Kier alpha value is -7.74. The second kappa shape index (κ2) is 18.1. The molecule has 2 bridgehead atoms. The fraction of sp³-hybridized carbons (Fsp3) is 0.356. The molecule has 73 heavy (non-hydrogen) atoms. The van der Waals surface area contributed by atoms with Crippen LogP contribution >= 0.6 is 0 Å². The van der Waals surface area contributed by atoms with Gasteiger partial charge in [0.15, 0.2) is 0 Å². The van der Waals surface area contributed by atoms with Crippen molar-refractivity contribution in [3.8, 4) is 11.1 Å². The van der Waals surface area contributed by atoms with Gasteiger partial charge in [-0.05, 0) is 126 Å². The van der Waals surface area contributed by atoms with E-state index in [-0.39, 0.29) is 41.9 Å². The van der Waals surface area contributed by atoms with Crippen molar-refractivity contribution in [2.75, 3.05) is 14.2 Å². The molecule has 13 rings (SSSR count). The second-order valence-corrected chi connectivity index (χ2v) is 21.1. The van der Waals surface area contributed by atoms with Crippen LogP contribution in [-0.2, 0) is 19.1 Å². The third kappa shape index (κ3) is 7.93. The van der Waals surface area contributed by atoms with Crippen molar-refractivity contribution >= 4 is 67.6 Å². The van der Waals surface area contributed by atoms with Gasteiger partial charge in [-0.1, -0.05) is 110 Å². The summed E-state index contributed by atoms with van der Waals surface area (Å²) in [6.07, 6.45) is 9.42. The van der Waals surface area contributed by atoms with Crippen molar-refractivity contribution in [3.05, 3.63) is 144 Å². The summed E-state index contributed by atoms with van der Waals surface area (Å²) < 4.78 is 9.97. The molecule has 3 aliphatic carbocycles. The van der Waals surface area contributed by atoms with Gasteiger partial charge in [-0.25, -0.2) is 19.6 Å². The van der Waals surface area contributed by atoms with Crippen LogP contribution in [0.15, 0.2) is 115 Å². The number of ether oxygens (including phenoxy) is 2. The van der Waals surface area contributed by atoms with Crippen LogP contribution < -0.4 is 10.6 Å². The number of amides is 4. The minimum absolute atomic E-state index is 0.0588. The molecule has 4 heterocycles. The van der Waals surface area contributed by atoms with Crippen LogP contribution in [0.4, 0.5) is 9.59 Å². The molecule has 5 aliphatic rings. The molecule has 8 atom stereocenters. The average Bonchev–Trinajstić information content (AvgIpc) is 4.03. The Labute approximate surface area is 422 Å². The minimum atomic E-state index is -0.889. The molecule has 0 spiro atoms. The fourth-order valence-corrected chi connectivity index (χ4v) is 13.2. The molecule has 4 amide bonds. The largest absolute Gasteiger partial charge is 0.453 e. The number of hydrogen-bond acceptors (Lipinski definition) is 8. The molecule has 8 aromatic rings. The highest BCUT2D eigenvalue weighted by Gasteiger charge is 2.56. The summed E-state index contributed by atoms with van der Waals surface area (Å²) in [5.41, 5.74) is 8.41. The number of rotatable bonds is 10. The predicted octanol–water partition coefficient (Wildman–Crippen LogP) is 11.4. The van der Waals surface area contributed by atoms with E-state index in [9.17, 15) is 19.2 Å². The van der Waals surface area contributed by atoms with Crippen LogP contribution in [0.3, 0.4) is 0 Å². The molecule has 3 saturated carbocycles. The van der Waals surface area contributed by atoms with E-state index in [1.165, 1.54) is 51.9 Å². The zero-order chi connectivity index (χ0) is 49.5. The molecule has 5 fully saturated rings. The lowest BCUT2D eigenvalue weighted by Crippen LogP contribution is -2.47. The summed E-state index contributed by atoms with van der Waals surface area (Å²) in [5, 5.41) is 9.82. The SMILES string of the molecule is COC(=O)N[C@@H](C(=O)N1[C@@H]2CC[C@@H](C2)[C@H]1c1nc2c(ccc3cc(-c4ccc5c(ccc6[nH]c([C@@H]7C[C@H]8C[C@H]8N7C(=O)[C@H](NC(=O)OC)c7ccc(C8CCCCC8)cc7)nc65)c4)ccc32)[nH]1)c1ccccc1. The summed E-state index contributed by atoms with van der Waals surface area (Å²) >= 11 is 0. The van der Waals surface area contributed by atoms with Gasteiger partial charge in [0.25, 0.3) is 11.8 Å². The monoisotopic (exact) mass is 974 g/mol. The minimum Gasteiger partial charge on any atom is -0.453 e. The van der Waals surface area contributed by atoms with Crippen molar-refractivity contribution in [1.29, 1.82) is 0 Å². The lowest BCUT2D eigenvalue weighted by molar-refractivity contribution is -0.138. The molecule has 0 radical (unpaired) electrons. The van der Waals surface area contributed by atoms with Crippen molar-refractivity contribution in [3.63, 3.8) is 0 Å². The number of fused-ring (bicyclic) bond motifs is 9. The van der Waals surface area contributed by atoms with E-state index >= 15 is 0 Å². The standard InChI is InChI=1S/C59H58N8O6/c1-72-58(70)64-49(34-11-7-4-8-12-34)56(68)66-42-22-17-40(29-42)53(66)55-61-46-26-21-39-28-37(19-24-44(39)52(46)63-55)36-18-23-43-38(27-36)20-25-45-51(43)62-54(60-45)48-31-41-30-47(41)67(48)57(69)50(65-59(71)73-2)35-15-13-33(14-16-35)32-9-5-3-6-10-32/h4,7-8,11-16,18-21,23-28,32,40-42,47-50,53H,3,5-6,9-10,17,22,29-31H2,1-2H3,(H,60,62)(H,61,63)(H,64,70)(H,65,71)/t40-,41+,42+,47+,48-,49+,50+,53-/m0/s1. The number of carbonyl (C=O) groups excluding carboxylic acids is 4. The summed E-state index contributed by atoms with van der Waals surface area (Å²) in [6.45, 7) is 0. The van der Waals surface area contributed by atoms with Gasteiger partial charge in [0, 0.05) is 22.9 Å². The first-order chi connectivity index (χ1) is 35.7. The van der Waals surface area contributed by atoms with Gasteiger partial charge in [-0.2, -0.15) is 0 Å². The topological polar surface area (TPSA) is 175 Å². The number of alkyl carbamates (subject to hydrolysis) is 2. The Balaban J connectivity index is 0.767. The zero-order valence-electron chi connectivity index (χ0n) is 41.0. The number of piperidine rings is 2. The van der Waals surface area contributed by atoms with Gasteiger partial charge < -0.3 is 39.9 Å². The van der Waals surface area contributed by atoms with Crippen LogP contribution in [-0.4, -0.2) is 80.0 Å². The molecule has 2 saturated heterocycles. The van der Waals surface area contributed by atoms with E-state index in [4.69, 9.17) is 19.4 Å². The highest BCUT2D eigenvalue weighted by molar-refractivity contribution is 6.08. The van der Waals surface area contributed by atoms with E-state index in [1.54, 1.807) is 0 Å². The van der Waals surface area contributed by atoms with Crippen LogP contribution in [0.1, 0.15) is 123 Å². The first-order valence-corrected chi connectivity index (χ1v) is 26.0. The molecule has 14 nitrogen and oxygen atoms in total.